The molecule has 0 saturated heterocycles. The Morgan fingerprint density at radius 3 is 2.93 bits per heavy atom. The fourth-order valence-corrected chi connectivity index (χ4v) is 4.14. The minimum Gasteiger partial charge on any atom is -0.454 e. The summed E-state index contributed by atoms with van der Waals surface area (Å²) in [5.41, 5.74) is 1.87. The van der Waals surface area contributed by atoms with Crippen molar-refractivity contribution in [3.63, 3.8) is 0 Å². The number of hydrogen-bond donors (Lipinski definition) is 1. The number of benzene rings is 1. The van der Waals surface area contributed by atoms with Crippen molar-refractivity contribution in [3.05, 3.63) is 52.6 Å². The average Bonchev–Trinajstić information content (AvgIpc) is 3.46. The molecule has 3 heterocycles. The minimum atomic E-state index is 0.114. The van der Waals surface area contributed by atoms with E-state index in [1.54, 1.807) is 17.5 Å². The van der Waals surface area contributed by atoms with E-state index in [9.17, 15) is 4.79 Å². The number of nitrogens with one attached hydrogen (secondary N) is 1. The van der Waals surface area contributed by atoms with Gasteiger partial charge in [0, 0.05) is 22.9 Å². The summed E-state index contributed by atoms with van der Waals surface area (Å²) in [6.07, 6.45) is 4.16. The second-order valence-electron chi connectivity index (χ2n) is 7.36. The van der Waals surface area contributed by atoms with Gasteiger partial charge in [-0.2, -0.15) is 0 Å². The Labute approximate surface area is 174 Å². The molecule has 0 atom stereocenters. The summed E-state index contributed by atoms with van der Waals surface area (Å²) in [6, 6.07) is 10.1. The lowest BCUT2D eigenvalue weighted by Gasteiger charge is -2.26. The highest BCUT2D eigenvalue weighted by Crippen LogP contribution is 2.35. The highest BCUT2D eigenvalue weighted by molar-refractivity contribution is 7.09. The van der Waals surface area contributed by atoms with Gasteiger partial charge in [0.05, 0.1) is 18.4 Å². The maximum absolute atomic E-state index is 12.8. The van der Waals surface area contributed by atoms with Gasteiger partial charge in [-0.3, -0.25) is 4.79 Å². The number of carbonyl (C=O) groups is 1. The molecule has 1 aromatic carbocycles. The zero-order valence-electron chi connectivity index (χ0n) is 16.7. The normalized spacial score (nSPS) is 12.5. The van der Waals surface area contributed by atoms with Crippen LogP contribution in [-0.2, 0) is 17.8 Å². The predicted octanol–water partition coefficient (Wildman–Crippen LogP) is 4.63. The molecule has 152 valence electrons. The van der Waals surface area contributed by atoms with Crippen molar-refractivity contribution in [1.29, 1.82) is 0 Å². The van der Waals surface area contributed by atoms with Crippen molar-refractivity contribution in [1.82, 2.24) is 14.9 Å². The van der Waals surface area contributed by atoms with Crippen molar-refractivity contribution in [2.24, 2.45) is 0 Å². The number of aromatic nitrogens is 2. The molecule has 1 aliphatic rings. The Kier molecular flexibility index (Phi) is 5.85. The number of aromatic amines is 1. The van der Waals surface area contributed by atoms with Crippen LogP contribution in [0.3, 0.4) is 0 Å². The number of imidazole rings is 1. The van der Waals surface area contributed by atoms with Crippen LogP contribution in [-0.4, -0.2) is 33.6 Å². The zero-order valence-corrected chi connectivity index (χ0v) is 17.5. The molecular weight excluding hydrogens is 386 g/mol. The fraction of sp³-hybridized carbons (Fsp3) is 0.364. The lowest BCUT2D eigenvalue weighted by molar-refractivity contribution is -0.133. The number of aryl methyl sites for hydroxylation is 1. The number of carbonyl (C=O) groups excluding carboxylic acids is 1. The number of amides is 1. The van der Waals surface area contributed by atoms with Crippen molar-refractivity contribution in [2.45, 2.75) is 45.7 Å². The number of nitrogens with zero attached hydrogens (tertiary/aromatic N) is 2. The molecule has 1 N–H and O–H groups in total. The van der Waals surface area contributed by atoms with Gasteiger partial charge in [-0.25, -0.2) is 4.98 Å². The number of H-pyrrole nitrogens is 1. The average molecular weight is 412 g/mol. The molecule has 7 heteroatoms. The Morgan fingerprint density at radius 2 is 2.14 bits per heavy atom. The molecule has 0 spiro atoms. The van der Waals surface area contributed by atoms with Crippen molar-refractivity contribution in [2.75, 3.05) is 6.79 Å². The van der Waals surface area contributed by atoms with Crippen LogP contribution in [0.5, 0.6) is 11.5 Å². The van der Waals surface area contributed by atoms with Gasteiger partial charge in [-0.15, -0.1) is 11.3 Å². The molecule has 0 radical (unpaired) electrons. The largest absolute Gasteiger partial charge is 0.454 e. The maximum atomic E-state index is 12.8. The minimum absolute atomic E-state index is 0.114. The molecule has 0 aliphatic carbocycles. The Morgan fingerprint density at radius 1 is 1.28 bits per heavy atom. The van der Waals surface area contributed by atoms with Crippen LogP contribution in [0.4, 0.5) is 0 Å². The summed E-state index contributed by atoms with van der Waals surface area (Å²) >= 11 is 1.74. The molecule has 0 bridgehead atoms. The Hall–Kier alpha value is -2.80. The molecule has 0 unspecified atom stereocenters. The van der Waals surface area contributed by atoms with E-state index in [0.29, 0.717) is 13.0 Å². The molecule has 0 fully saturated rings. The molecular formula is C22H25N3O3S. The maximum Gasteiger partial charge on any atom is 0.231 e. The van der Waals surface area contributed by atoms with E-state index in [4.69, 9.17) is 9.47 Å². The first-order chi connectivity index (χ1) is 14.1. The number of ether oxygens (including phenoxy) is 2. The van der Waals surface area contributed by atoms with Gasteiger partial charge in [0.1, 0.15) is 5.82 Å². The molecule has 1 aliphatic heterocycles. The van der Waals surface area contributed by atoms with E-state index in [1.807, 2.05) is 36.9 Å². The van der Waals surface area contributed by atoms with Crippen LogP contribution in [0.2, 0.25) is 0 Å². The summed E-state index contributed by atoms with van der Waals surface area (Å²) < 4.78 is 10.8. The summed E-state index contributed by atoms with van der Waals surface area (Å²) in [4.78, 5) is 23.8. The third kappa shape index (κ3) is 4.62. The van der Waals surface area contributed by atoms with Crippen molar-refractivity contribution < 1.29 is 14.3 Å². The number of fused-ring (bicyclic) bond motifs is 1. The van der Waals surface area contributed by atoms with Crippen LogP contribution in [0, 0.1) is 0 Å². The standard InChI is InChI=1S/C22H25N3O3S/c1-15(2)25(22(26)7-3-5-17-6-4-10-29-17)13-21-23-12-18(24-21)16-8-9-19-20(11-16)28-14-27-19/h4,6,8-12,15H,3,5,7,13-14H2,1-2H3,(H,23,24). The zero-order chi connectivity index (χ0) is 20.2. The molecule has 0 saturated carbocycles. The molecule has 2 aromatic heterocycles. The summed E-state index contributed by atoms with van der Waals surface area (Å²) in [6.45, 7) is 4.81. The van der Waals surface area contributed by atoms with Gasteiger partial charge in [-0.1, -0.05) is 6.07 Å². The molecule has 1 amide bonds. The molecule has 4 rings (SSSR count). The van der Waals surface area contributed by atoms with Crippen LogP contribution in [0.25, 0.3) is 11.3 Å². The van der Waals surface area contributed by atoms with Crippen LogP contribution < -0.4 is 9.47 Å². The SMILES string of the molecule is CC(C)N(Cc1ncc(-c2ccc3c(c2)OCO3)[nH]1)C(=O)CCCc1cccs1. The molecule has 29 heavy (non-hydrogen) atoms. The second kappa shape index (κ2) is 8.69. The highest BCUT2D eigenvalue weighted by atomic mass is 32.1. The van der Waals surface area contributed by atoms with Gasteiger partial charge in [-0.05, 0) is 56.3 Å². The number of thiophene rings is 1. The quantitative estimate of drug-likeness (QED) is 0.587. The van der Waals surface area contributed by atoms with Crippen LogP contribution in [0.15, 0.2) is 41.9 Å². The van der Waals surface area contributed by atoms with E-state index < -0.39 is 0 Å². The Balaban J connectivity index is 1.39. The predicted molar refractivity (Wildman–Crippen MR) is 113 cm³/mol. The first kappa shape index (κ1) is 19.5. The first-order valence-electron chi connectivity index (χ1n) is 9.86. The number of rotatable bonds is 8. The van der Waals surface area contributed by atoms with E-state index in [2.05, 4.69) is 27.5 Å². The second-order valence-corrected chi connectivity index (χ2v) is 8.39. The lowest BCUT2D eigenvalue weighted by atomic mass is 10.1. The summed E-state index contributed by atoms with van der Waals surface area (Å²) in [5, 5.41) is 2.08. The van der Waals surface area contributed by atoms with Gasteiger partial charge in [0.2, 0.25) is 12.7 Å². The lowest BCUT2D eigenvalue weighted by Crippen LogP contribution is -2.36. The fourth-order valence-electron chi connectivity index (χ4n) is 3.39. The summed E-state index contributed by atoms with van der Waals surface area (Å²) in [5.74, 6) is 2.44. The van der Waals surface area contributed by atoms with Crippen LogP contribution >= 0.6 is 11.3 Å². The Bertz CT molecular complexity index is 966. The van der Waals surface area contributed by atoms with Crippen molar-refractivity contribution in [3.8, 4) is 22.8 Å². The topological polar surface area (TPSA) is 67.5 Å². The van der Waals surface area contributed by atoms with E-state index in [0.717, 1.165) is 41.4 Å². The summed E-state index contributed by atoms with van der Waals surface area (Å²) in [7, 11) is 0. The van der Waals surface area contributed by atoms with Crippen molar-refractivity contribution >= 4 is 17.2 Å². The molecule has 3 aromatic rings. The highest BCUT2D eigenvalue weighted by Gasteiger charge is 2.19. The molecule has 6 nitrogen and oxygen atoms in total. The smallest absolute Gasteiger partial charge is 0.231 e. The third-order valence-corrected chi connectivity index (χ3v) is 5.91. The monoisotopic (exact) mass is 411 g/mol. The van der Waals surface area contributed by atoms with Gasteiger partial charge in [0.25, 0.3) is 0 Å². The van der Waals surface area contributed by atoms with Gasteiger partial charge < -0.3 is 19.4 Å². The van der Waals surface area contributed by atoms with Crippen LogP contribution in [0.1, 0.15) is 37.4 Å². The van der Waals surface area contributed by atoms with Gasteiger partial charge >= 0.3 is 0 Å². The number of hydrogen-bond acceptors (Lipinski definition) is 5. The van der Waals surface area contributed by atoms with E-state index >= 15 is 0 Å². The third-order valence-electron chi connectivity index (χ3n) is 4.97. The van der Waals surface area contributed by atoms with Gasteiger partial charge in [0.15, 0.2) is 11.5 Å². The van der Waals surface area contributed by atoms with E-state index in [-0.39, 0.29) is 18.7 Å². The van der Waals surface area contributed by atoms with E-state index in [1.165, 1.54) is 4.88 Å². The first-order valence-corrected chi connectivity index (χ1v) is 10.7.